The summed E-state index contributed by atoms with van der Waals surface area (Å²) in [7, 11) is 0. The second kappa shape index (κ2) is 12.8. The van der Waals surface area contributed by atoms with Gasteiger partial charge in [0.25, 0.3) is 0 Å². The van der Waals surface area contributed by atoms with Crippen LogP contribution in [0.4, 0.5) is 5.69 Å². The molecular formula is C22H37N3O2S. The maximum atomic E-state index is 5.64. The van der Waals surface area contributed by atoms with E-state index in [4.69, 9.17) is 21.7 Å². The summed E-state index contributed by atoms with van der Waals surface area (Å²) < 4.78 is 11.2. The van der Waals surface area contributed by atoms with Crippen LogP contribution in [-0.2, 0) is 0 Å². The molecule has 1 aromatic rings. The van der Waals surface area contributed by atoms with Crippen LogP contribution in [-0.4, -0.2) is 48.9 Å². The predicted octanol–water partition coefficient (Wildman–Crippen LogP) is 4.82. The van der Waals surface area contributed by atoms with E-state index in [2.05, 4.69) is 36.3 Å². The molecule has 0 spiro atoms. The first kappa shape index (κ1) is 22.8. The largest absolute Gasteiger partial charge is 0.486 e. The van der Waals surface area contributed by atoms with Crippen molar-refractivity contribution in [3.8, 4) is 11.5 Å². The van der Waals surface area contributed by atoms with Gasteiger partial charge in [0.05, 0.1) is 0 Å². The molecule has 0 amide bonds. The molecule has 1 aliphatic rings. The van der Waals surface area contributed by atoms with Gasteiger partial charge in [-0.15, -0.1) is 0 Å². The summed E-state index contributed by atoms with van der Waals surface area (Å²) in [4.78, 5) is 2.58. The second-order valence-electron chi connectivity index (χ2n) is 7.57. The summed E-state index contributed by atoms with van der Waals surface area (Å²) in [5.74, 6) is 1.56. The van der Waals surface area contributed by atoms with Gasteiger partial charge in [0.15, 0.2) is 16.6 Å². The van der Waals surface area contributed by atoms with E-state index in [0.717, 1.165) is 23.7 Å². The van der Waals surface area contributed by atoms with Crippen LogP contribution in [0, 0.1) is 0 Å². The highest BCUT2D eigenvalue weighted by molar-refractivity contribution is 7.80. The van der Waals surface area contributed by atoms with Crippen molar-refractivity contribution in [2.24, 2.45) is 0 Å². The third kappa shape index (κ3) is 8.23. The zero-order valence-corrected chi connectivity index (χ0v) is 18.6. The Bertz CT molecular complexity index is 587. The zero-order chi connectivity index (χ0) is 20.2. The van der Waals surface area contributed by atoms with Crippen LogP contribution in [0.15, 0.2) is 18.2 Å². The lowest BCUT2D eigenvalue weighted by atomic mass is 10.2. The number of rotatable bonds is 12. The predicted molar refractivity (Wildman–Crippen MR) is 122 cm³/mol. The molecule has 6 heteroatoms. The molecule has 0 aliphatic carbocycles. The van der Waals surface area contributed by atoms with Gasteiger partial charge >= 0.3 is 0 Å². The lowest BCUT2D eigenvalue weighted by Gasteiger charge is -2.27. The molecule has 1 heterocycles. The first-order chi connectivity index (χ1) is 13.6. The van der Waals surface area contributed by atoms with E-state index in [1.807, 2.05) is 18.2 Å². The maximum absolute atomic E-state index is 5.64. The molecule has 0 fully saturated rings. The highest BCUT2D eigenvalue weighted by atomic mass is 32.1. The van der Waals surface area contributed by atoms with Crippen LogP contribution in [0.25, 0.3) is 0 Å². The SMILES string of the molecule is CCCCCN(CCCCC)C[C@H](C)NC(=S)Nc1ccc2c(c1)OCCO2. The normalized spacial score (nSPS) is 14.0. The lowest BCUT2D eigenvalue weighted by molar-refractivity contribution is 0.171. The number of ether oxygens (including phenoxy) is 2. The standard InChI is InChI=1S/C22H37N3O2S/c1-4-6-8-12-25(13-9-7-5-2)17-18(3)23-22(28)24-19-10-11-20-21(16-19)27-15-14-26-20/h10-11,16,18H,4-9,12-15,17H2,1-3H3,(H2,23,24,28)/t18-/m0/s1. The van der Waals surface area contributed by atoms with E-state index in [1.54, 1.807) is 0 Å². The van der Waals surface area contributed by atoms with Gasteiger partial charge in [-0.25, -0.2) is 0 Å². The molecule has 2 N–H and O–H groups in total. The van der Waals surface area contributed by atoms with Crippen LogP contribution in [0.1, 0.15) is 59.3 Å². The number of benzene rings is 1. The molecule has 0 bridgehead atoms. The minimum absolute atomic E-state index is 0.292. The first-order valence-corrected chi connectivity index (χ1v) is 11.2. The van der Waals surface area contributed by atoms with E-state index < -0.39 is 0 Å². The Hall–Kier alpha value is -1.53. The van der Waals surface area contributed by atoms with E-state index in [-0.39, 0.29) is 0 Å². The van der Waals surface area contributed by atoms with Crippen molar-refractivity contribution in [3.05, 3.63) is 18.2 Å². The molecule has 1 aromatic carbocycles. The Kier molecular flexibility index (Phi) is 10.4. The van der Waals surface area contributed by atoms with Crippen molar-refractivity contribution in [3.63, 3.8) is 0 Å². The Labute approximate surface area is 176 Å². The van der Waals surface area contributed by atoms with E-state index in [9.17, 15) is 0 Å². The molecule has 2 rings (SSSR count). The quantitative estimate of drug-likeness (QED) is 0.383. The third-order valence-corrected chi connectivity index (χ3v) is 5.09. The molecule has 5 nitrogen and oxygen atoms in total. The number of hydrogen-bond donors (Lipinski definition) is 2. The van der Waals surface area contributed by atoms with Crippen molar-refractivity contribution in [2.45, 2.75) is 65.3 Å². The van der Waals surface area contributed by atoms with Crippen LogP contribution >= 0.6 is 12.2 Å². The number of fused-ring (bicyclic) bond motifs is 1. The Morgan fingerprint density at radius 3 is 2.32 bits per heavy atom. The molecule has 28 heavy (non-hydrogen) atoms. The molecule has 0 unspecified atom stereocenters. The molecule has 0 radical (unpaired) electrons. The van der Waals surface area contributed by atoms with Gasteiger partial charge in [-0.05, 0) is 57.2 Å². The molecule has 1 atom stereocenters. The van der Waals surface area contributed by atoms with Gasteiger partial charge in [0.1, 0.15) is 13.2 Å². The topological polar surface area (TPSA) is 45.8 Å². The maximum Gasteiger partial charge on any atom is 0.171 e. The molecule has 0 aromatic heterocycles. The summed E-state index contributed by atoms with van der Waals surface area (Å²) in [6.45, 7) is 11.3. The first-order valence-electron chi connectivity index (χ1n) is 10.8. The zero-order valence-electron chi connectivity index (χ0n) is 17.8. The summed E-state index contributed by atoms with van der Waals surface area (Å²) in [5.41, 5.74) is 0.914. The average Bonchev–Trinajstić information content (AvgIpc) is 2.68. The van der Waals surface area contributed by atoms with Crippen LogP contribution in [0.5, 0.6) is 11.5 Å². The van der Waals surface area contributed by atoms with Crippen LogP contribution in [0.2, 0.25) is 0 Å². The van der Waals surface area contributed by atoms with Gasteiger partial charge in [-0.1, -0.05) is 39.5 Å². The number of anilines is 1. The van der Waals surface area contributed by atoms with E-state index in [0.29, 0.717) is 24.4 Å². The van der Waals surface area contributed by atoms with Gasteiger partial charge in [-0.3, -0.25) is 0 Å². The summed E-state index contributed by atoms with van der Waals surface area (Å²) >= 11 is 5.52. The number of unbranched alkanes of at least 4 members (excludes halogenated alkanes) is 4. The number of nitrogens with zero attached hydrogens (tertiary/aromatic N) is 1. The van der Waals surface area contributed by atoms with E-state index >= 15 is 0 Å². The Balaban J connectivity index is 1.80. The van der Waals surface area contributed by atoms with Crippen molar-refractivity contribution in [1.82, 2.24) is 10.2 Å². The van der Waals surface area contributed by atoms with Gasteiger partial charge in [0, 0.05) is 24.3 Å². The fourth-order valence-electron chi connectivity index (χ4n) is 3.41. The molecule has 0 saturated heterocycles. The van der Waals surface area contributed by atoms with Gasteiger partial charge < -0.3 is 25.0 Å². The summed E-state index contributed by atoms with van der Waals surface area (Å²) in [6.07, 6.45) is 7.68. The Morgan fingerprint density at radius 2 is 1.68 bits per heavy atom. The average molecular weight is 408 g/mol. The monoisotopic (exact) mass is 407 g/mol. The number of hydrogen-bond acceptors (Lipinski definition) is 4. The van der Waals surface area contributed by atoms with E-state index in [1.165, 1.54) is 51.6 Å². The van der Waals surface area contributed by atoms with Gasteiger partial charge in [-0.2, -0.15) is 0 Å². The van der Waals surface area contributed by atoms with Crippen LogP contribution in [0.3, 0.4) is 0 Å². The fourth-order valence-corrected chi connectivity index (χ4v) is 3.73. The third-order valence-electron chi connectivity index (χ3n) is 4.87. The Morgan fingerprint density at radius 1 is 1.04 bits per heavy atom. The summed E-state index contributed by atoms with van der Waals surface area (Å²) in [6, 6.07) is 6.12. The van der Waals surface area contributed by atoms with Gasteiger partial charge in [0.2, 0.25) is 0 Å². The fraction of sp³-hybridized carbons (Fsp3) is 0.682. The number of thiocarbonyl (C=S) groups is 1. The highest BCUT2D eigenvalue weighted by Crippen LogP contribution is 2.32. The lowest BCUT2D eigenvalue weighted by Crippen LogP contribution is -2.44. The number of nitrogens with one attached hydrogen (secondary N) is 2. The molecular weight excluding hydrogens is 370 g/mol. The van der Waals surface area contributed by atoms with Crippen molar-refractivity contribution < 1.29 is 9.47 Å². The van der Waals surface area contributed by atoms with Crippen LogP contribution < -0.4 is 20.1 Å². The molecule has 1 aliphatic heterocycles. The molecule has 158 valence electrons. The summed E-state index contributed by atoms with van der Waals surface area (Å²) in [5, 5.41) is 7.34. The smallest absolute Gasteiger partial charge is 0.171 e. The minimum atomic E-state index is 0.292. The highest BCUT2D eigenvalue weighted by Gasteiger charge is 2.14. The second-order valence-corrected chi connectivity index (χ2v) is 7.98. The van der Waals surface area contributed by atoms with Crippen molar-refractivity contribution in [1.29, 1.82) is 0 Å². The molecule has 0 saturated carbocycles. The minimum Gasteiger partial charge on any atom is -0.486 e. The van der Waals surface area contributed by atoms with Crippen molar-refractivity contribution >= 4 is 23.0 Å². The van der Waals surface area contributed by atoms with Crippen molar-refractivity contribution in [2.75, 3.05) is 38.2 Å².